The standard InChI is InChI=1S/C15H17N3O/c1-11(2)10-17-15-13(9-16)18-14(19-15)8-12-6-4-3-5-7-12/h3-7,11,17H,8,10H2,1-2H3. The van der Waals surface area contributed by atoms with Gasteiger partial charge in [-0.15, -0.1) is 0 Å². The number of nitriles is 1. The largest absolute Gasteiger partial charge is 0.423 e. The summed E-state index contributed by atoms with van der Waals surface area (Å²) in [5.41, 5.74) is 1.44. The normalized spacial score (nSPS) is 10.4. The fourth-order valence-electron chi connectivity index (χ4n) is 1.70. The molecule has 2 aromatic rings. The van der Waals surface area contributed by atoms with E-state index in [2.05, 4.69) is 30.2 Å². The van der Waals surface area contributed by atoms with Gasteiger partial charge in [-0.2, -0.15) is 5.26 Å². The molecular formula is C15H17N3O. The first-order valence-corrected chi connectivity index (χ1v) is 6.36. The number of anilines is 1. The van der Waals surface area contributed by atoms with Crippen LogP contribution in [0, 0.1) is 17.2 Å². The molecule has 0 saturated heterocycles. The Hall–Kier alpha value is -2.28. The Morgan fingerprint density at radius 3 is 2.68 bits per heavy atom. The van der Waals surface area contributed by atoms with Gasteiger partial charge in [0.25, 0.3) is 0 Å². The van der Waals surface area contributed by atoms with Gasteiger partial charge < -0.3 is 9.73 Å². The van der Waals surface area contributed by atoms with E-state index >= 15 is 0 Å². The minimum absolute atomic E-state index is 0.326. The summed E-state index contributed by atoms with van der Waals surface area (Å²) in [6.07, 6.45) is 0.596. The molecular weight excluding hydrogens is 238 g/mol. The van der Waals surface area contributed by atoms with Crippen molar-refractivity contribution in [3.8, 4) is 6.07 Å². The summed E-state index contributed by atoms with van der Waals surface area (Å²) in [6, 6.07) is 12.0. The molecule has 0 bridgehead atoms. The van der Waals surface area contributed by atoms with E-state index in [9.17, 15) is 0 Å². The molecule has 0 amide bonds. The van der Waals surface area contributed by atoms with Crippen molar-refractivity contribution in [2.75, 3.05) is 11.9 Å². The monoisotopic (exact) mass is 255 g/mol. The van der Waals surface area contributed by atoms with Crippen molar-refractivity contribution in [1.29, 1.82) is 5.26 Å². The number of nitrogens with zero attached hydrogens (tertiary/aromatic N) is 2. The van der Waals surface area contributed by atoms with E-state index in [1.807, 2.05) is 30.3 Å². The Kier molecular flexibility index (Phi) is 4.19. The minimum atomic E-state index is 0.326. The Labute approximate surface area is 113 Å². The molecule has 98 valence electrons. The Balaban J connectivity index is 2.13. The number of hydrogen-bond acceptors (Lipinski definition) is 4. The third-order valence-corrected chi connectivity index (χ3v) is 2.65. The lowest BCUT2D eigenvalue weighted by molar-refractivity contribution is 0.513. The number of nitrogens with one attached hydrogen (secondary N) is 1. The Bertz CT molecular complexity index is 567. The number of rotatable bonds is 5. The van der Waals surface area contributed by atoms with E-state index in [1.54, 1.807) is 0 Å². The van der Waals surface area contributed by atoms with Crippen LogP contribution >= 0.6 is 0 Å². The van der Waals surface area contributed by atoms with Crippen LogP contribution in [-0.2, 0) is 6.42 Å². The topological polar surface area (TPSA) is 61.9 Å². The maximum atomic E-state index is 9.05. The van der Waals surface area contributed by atoms with Crippen LogP contribution in [0.2, 0.25) is 0 Å². The second-order valence-electron chi connectivity index (χ2n) is 4.83. The van der Waals surface area contributed by atoms with Gasteiger partial charge in [-0.25, -0.2) is 4.98 Å². The van der Waals surface area contributed by atoms with Crippen molar-refractivity contribution in [3.05, 3.63) is 47.5 Å². The number of oxazole rings is 1. The Morgan fingerprint density at radius 2 is 2.05 bits per heavy atom. The summed E-state index contributed by atoms with van der Waals surface area (Å²) in [7, 11) is 0. The summed E-state index contributed by atoms with van der Waals surface area (Å²) >= 11 is 0. The van der Waals surface area contributed by atoms with Crippen LogP contribution < -0.4 is 5.32 Å². The minimum Gasteiger partial charge on any atom is -0.423 e. The smallest absolute Gasteiger partial charge is 0.232 e. The molecule has 4 nitrogen and oxygen atoms in total. The van der Waals surface area contributed by atoms with Crippen LogP contribution in [0.3, 0.4) is 0 Å². The van der Waals surface area contributed by atoms with E-state index in [1.165, 1.54) is 0 Å². The fraction of sp³-hybridized carbons (Fsp3) is 0.333. The molecule has 1 aromatic carbocycles. The first kappa shape index (κ1) is 13.2. The lowest BCUT2D eigenvalue weighted by Crippen LogP contribution is -2.08. The average Bonchev–Trinajstić information content (AvgIpc) is 2.79. The Morgan fingerprint density at radius 1 is 1.32 bits per heavy atom. The molecule has 0 aliphatic rings. The van der Waals surface area contributed by atoms with Crippen molar-refractivity contribution in [3.63, 3.8) is 0 Å². The van der Waals surface area contributed by atoms with Gasteiger partial charge in [0.15, 0.2) is 0 Å². The van der Waals surface area contributed by atoms with Gasteiger partial charge in [-0.3, -0.25) is 0 Å². The zero-order valence-corrected chi connectivity index (χ0v) is 11.2. The molecule has 2 rings (SSSR count). The van der Waals surface area contributed by atoms with Crippen LogP contribution in [0.1, 0.15) is 31.0 Å². The number of aromatic nitrogens is 1. The molecule has 1 aromatic heterocycles. The number of hydrogen-bond donors (Lipinski definition) is 1. The molecule has 0 fully saturated rings. The highest BCUT2D eigenvalue weighted by molar-refractivity contribution is 5.45. The third kappa shape index (κ3) is 3.59. The summed E-state index contributed by atoms with van der Waals surface area (Å²) in [5.74, 6) is 1.52. The average molecular weight is 255 g/mol. The van der Waals surface area contributed by atoms with Crippen LogP contribution in [0.4, 0.5) is 5.88 Å². The molecule has 0 aliphatic carbocycles. The molecule has 0 aliphatic heterocycles. The molecule has 0 unspecified atom stereocenters. The molecule has 19 heavy (non-hydrogen) atoms. The molecule has 0 spiro atoms. The maximum Gasteiger partial charge on any atom is 0.232 e. The SMILES string of the molecule is CC(C)CNc1oc(Cc2ccccc2)nc1C#N. The fourth-order valence-corrected chi connectivity index (χ4v) is 1.70. The van der Waals surface area contributed by atoms with Crippen molar-refractivity contribution < 1.29 is 4.42 Å². The predicted molar refractivity (Wildman–Crippen MR) is 73.8 cm³/mol. The van der Waals surface area contributed by atoms with Gasteiger partial charge in [0.1, 0.15) is 6.07 Å². The van der Waals surface area contributed by atoms with Crippen molar-refractivity contribution in [1.82, 2.24) is 4.98 Å². The van der Waals surface area contributed by atoms with Crippen molar-refractivity contribution in [2.45, 2.75) is 20.3 Å². The van der Waals surface area contributed by atoms with E-state index in [0.717, 1.165) is 12.1 Å². The van der Waals surface area contributed by atoms with Crippen molar-refractivity contribution >= 4 is 5.88 Å². The summed E-state index contributed by atoms with van der Waals surface area (Å²) in [4.78, 5) is 4.21. The van der Waals surface area contributed by atoms with E-state index < -0.39 is 0 Å². The first-order chi connectivity index (χ1) is 9.19. The van der Waals surface area contributed by atoms with E-state index in [4.69, 9.17) is 9.68 Å². The molecule has 4 heteroatoms. The van der Waals surface area contributed by atoms with Gasteiger partial charge in [-0.05, 0) is 11.5 Å². The third-order valence-electron chi connectivity index (χ3n) is 2.65. The van der Waals surface area contributed by atoms with E-state index in [-0.39, 0.29) is 0 Å². The van der Waals surface area contributed by atoms with Gasteiger partial charge in [0.05, 0.1) is 0 Å². The molecule has 0 saturated carbocycles. The highest BCUT2D eigenvalue weighted by atomic mass is 16.4. The number of benzene rings is 1. The maximum absolute atomic E-state index is 9.05. The van der Waals surface area contributed by atoms with Crippen LogP contribution in [-0.4, -0.2) is 11.5 Å². The first-order valence-electron chi connectivity index (χ1n) is 6.36. The van der Waals surface area contributed by atoms with E-state index in [0.29, 0.717) is 29.8 Å². The highest BCUT2D eigenvalue weighted by Gasteiger charge is 2.13. The zero-order chi connectivity index (χ0) is 13.7. The van der Waals surface area contributed by atoms with Crippen molar-refractivity contribution in [2.24, 2.45) is 5.92 Å². The van der Waals surface area contributed by atoms with Gasteiger partial charge in [-0.1, -0.05) is 44.2 Å². The zero-order valence-electron chi connectivity index (χ0n) is 11.2. The molecule has 1 heterocycles. The van der Waals surface area contributed by atoms with Crippen LogP contribution in [0.15, 0.2) is 34.7 Å². The molecule has 0 radical (unpaired) electrons. The second kappa shape index (κ2) is 6.05. The highest BCUT2D eigenvalue weighted by Crippen LogP contribution is 2.19. The lowest BCUT2D eigenvalue weighted by atomic mass is 10.1. The summed E-state index contributed by atoms with van der Waals surface area (Å²) in [5, 5.41) is 12.2. The van der Waals surface area contributed by atoms with Crippen LogP contribution in [0.5, 0.6) is 0 Å². The second-order valence-corrected chi connectivity index (χ2v) is 4.83. The molecule has 1 N–H and O–H groups in total. The lowest BCUT2D eigenvalue weighted by Gasteiger charge is -2.04. The quantitative estimate of drug-likeness (QED) is 0.891. The predicted octanol–water partition coefficient (Wildman–Crippen LogP) is 3.20. The molecule has 0 atom stereocenters. The summed E-state index contributed by atoms with van der Waals surface area (Å²) < 4.78 is 5.62. The summed E-state index contributed by atoms with van der Waals surface area (Å²) in [6.45, 7) is 4.95. The van der Waals surface area contributed by atoms with Gasteiger partial charge >= 0.3 is 0 Å². The van der Waals surface area contributed by atoms with Gasteiger partial charge in [0.2, 0.25) is 17.5 Å². The van der Waals surface area contributed by atoms with Gasteiger partial charge in [0, 0.05) is 13.0 Å². The van der Waals surface area contributed by atoms with Crippen LogP contribution in [0.25, 0.3) is 0 Å².